The average Bonchev–Trinajstić information content (AvgIpc) is 2.93. The number of nitrogens with zero attached hydrogens (tertiary/aromatic N) is 1. The number of ether oxygens (including phenoxy) is 2. The molecular formula is C18H21BrN2O6. The highest BCUT2D eigenvalue weighted by atomic mass is 79.9. The van der Waals surface area contributed by atoms with E-state index in [1.165, 1.54) is 12.0 Å². The molecule has 1 aromatic carbocycles. The molecule has 0 bridgehead atoms. The topological polar surface area (TPSA) is 105 Å². The molecule has 27 heavy (non-hydrogen) atoms. The van der Waals surface area contributed by atoms with Gasteiger partial charge in [-0.1, -0.05) is 0 Å². The summed E-state index contributed by atoms with van der Waals surface area (Å²) in [6.45, 7) is 3.68. The summed E-state index contributed by atoms with van der Waals surface area (Å²) >= 11 is 3.39. The number of benzene rings is 1. The van der Waals surface area contributed by atoms with Crippen LogP contribution in [0.15, 0.2) is 27.9 Å². The van der Waals surface area contributed by atoms with E-state index in [4.69, 9.17) is 14.6 Å². The minimum absolute atomic E-state index is 0.0476. The number of carbonyl (C=O) groups excluding carboxylic acids is 3. The van der Waals surface area contributed by atoms with E-state index in [-0.39, 0.29) is 37.6 Å². The van der Waals surface area contributed by atoms with Crippen LogP contribution in [-0.4, -0.2) is 61.3 Å². The molecular weight excluding hydrogens is 420 g/mol. The van der Waals surface area contributed by atoms with Crippen molar-refractivity contribution in [3.63, 3.8) is 0 Å². The number of carbonyl (C=O) groups is 3. The van der Waals surface area contributed by atoms with Crippen LogP contribution in [0.1, 0.15) is 22.8 Å². The van der Waals surface area contributed by atoms with E-state index in [0.29, 0.717) is 21.3 Å². The number of esters is 2. The van der Waals surface area contributed by atoms with E-state index in [2.05, 4.69) is 21.2 Å². The summed E-state index contributed by atoms with van der Waals surface area (Å²) in [5.74, 6) is -1.48. The molecule has 0 spiro atoms. The monoisotopic (exact) mass is 440 g/mol. The largest absolute Gasteiger partial charge is 0.466 e. The Hall–Kier alpha value is -2.39. The number of halogens is 1. The van der Waals surface area contributed by atoms with Crippen LogP contribution in [0.25, 0.3) is 0 Å². The molecule has 0 saturated heterocycles. The van der Waals surface area contributed by atoms with Crippen molar-refractivity contribution in [2.45, 2.75) is 13.8 Å². The van der Waals surface area contributed by atoms with Gasteiger partial charge < -0.3 is 24.8 Å². The van der Waals surface area contributed by atoms with Gasteiger partial charge >= 0.3 is 11.9 Å². The Morgan fingerprint density at radius 2 is 2.04 bits per heavy atom. The Labute approximate surface area is 165 Å². The van der Waals surface area contributed by atoms with E-state index in [1.807, 2.05) is 0 Å². The second kappa shape index (κ2) is 9.01. The lowest BCUT2D eigenvalue weighted by Gasteiger charge is -2.16. The molecule has 0 atom stereocenters. The van der Waals surface area contributed by atoms with Gasteiger partial charge in [0.05, 0.1) is 43.7 Å². The molecule has 1 aromatic rings. The predicted octanol–water partition coefficient (Wildman–Crippen LogP) is 1.61. The van der Waals surface area contributed by atoms with Gasteiger partial charge in [0, 0.05) is 11.0 Å². The van der Waals surface area contributed by atoms with Gasteiger partial charge in [0.15, 0.2) is 0 Å². The molecule has 0 saturated carbocycles. The van der Waals surface area contributed by atoms with E-state index >= 15 is 0 Å². The normalized spacial score (nSPS) is 13.8. The van der Waals surface area contributed by atoms with Gasteiger partial charge in [-0.15, -0.1) is 0 Å². The van der Waals surface area contributed by atoms with Gasteiger partial charge in [-0.25, -0.2) is 9.59 Å². The minimum atomic E-state index is -0.622. The van der Waals surface area contributed by atoms with Gasteiger partial charge in [0.2, 0.25) is 0 Å². The number of aliphatic hydroxyl groups is 1. The van der Waals surface area contributed by atoms with Crippen LogP contribution in [0.4, 0.5) is 5.69 Å². The quantitative estimate of drug-likeness (QED) is 0.620. The van der Waals surface area contributed by atoms with Crippen molar-refractivity contribution in [2.24, 2.45) is 0 Å². The zero-order valence-electron chi connectivity index (χ0n) is 15.3. The number of hydrogen-bond acceptors (Lipinski definition) is 7. The number of aryl methyl sites for hydroxylation is 1. The number of aliphatic hydroxyl groups excluding tert-OH is 1. The number of β-amino-alcohol motifs (C(OH)–C–C–N with tert-alkyl or cyclic N) is 1. The first-order chi connectivity index (χ1) is 12.8. The van der Waals surface area contributed by atoms with Crippen LogP contribution >= 0.6 is 15.9 Å². The lowest BCUT2D eigenvalue weighted by Crippen LogP contribution is -2.31. The maximum Gasteiger partial charge on any atom is 0.338 e. The molecule has 0 fully saturated rings. The number of nitrogens with one attached hydrogen (secondary N) is 1. The molecule has 1 heterocycles. The van der Waals surface area contributed by atoms with Gasteiger partial charge in [0.25, 0.3) is 5.91 Å². The van der Waals surface area contributed by atoms with Gasteiger partial charge in [0.1, 0.15) is 5.70 Å². The van der Waals surface area contributed by atoms with Crippen LogP contribution in [0.2, 0.25) is 0 Å². The summed E-state index contributed by atoms with van der Waals surface area (Å²) in [6.07, 6.45) is 0. The lowest BCUT2D eigenvalue weighted by atomic mass is 10.1. The smallest absolute Gasteiger partial charge is 0.338 e. The van der Waals surface area contributed by atoms with Crippen molar-refractivity contribution >= 4 is 39.5 Å². The lowest BCUT2D eigenvalue weighted by molar-refractivity contribution is -0.136. The molecule has 1 amide bonds. The fourth-order valence-electron chi connectivity index (χ4n) is 2.71. The summed E-state index contributed by atoms with van der Waals surface area (Å²) in [5.41, 5.74) is 1.85. The third kappa shape index (κ3) is 4.48. The molecule has 0 aromatic heterocycles. The van der Waals surface area contributed by atoms with Crippen molar-refractivity contribution in [2.75, 3.05) is 38.7 Å². The fourth-order valence-corrected chi connectivity index (χ4v) is 3.37. The second-order valence-electron chi connectivity index (χ2n) is 5.79. The Balaban J connectivity index is 2.39. The maximum absolute atomic E-state index is 12.6. The van der Waals surface area contributed by atoms with Crippen LogP contribution < -0.4 is 5.32 Å². The standard InChI is InChI=1S/C18H21BrN2O6/c1-4-27-17(24)11-7-10(2)14(13(19)8-11)20-15-12(18(25)26-3)9-21(5-6-22)16(15)23/h7-8,20,22H,4-6,9H2,1-3H3. The highest BCUT2D eigenvalue weighted by Crippen LogP contribution is 2.32. The van der Waals surface area contributed by atoms with E-state index < -0.39 is 17.8 Å². The summed E-state index contributed by atoms with van der Waals surface area (Å²) in [6, 6.07) is 3.21. The Bertz CT molecular complexity index is 782. The summed E-state index contributed by atoms with van der Waals surface area (Å²) < 4.78 is 10.3. The average molecular weight is 441 g/mol. The van der Waals surface area contributed by atoms with E-state index in [0.717, 1.165) is 0 Å². The van der Waals surface area contributed by atoms with Crippen molar-refractivity contribution in [1.82, 2.24) is 4.90 Å². The van der Waals surface area contributed by atoms with Crippen LogP contribution in [0, 0.1) is 6.92 Å². The molecule has 0 unspecified atom stereocenters. The number of anilines is 1. The van der Waals surface area contributed by atoms with Crippen molar-refractivity contribution in [3.05, 3.63) is 39.0 Å². The number of rotatable bonds is 7. The molecule has 2 rings (SSSR count). The molecule has 2 N–H and O–H groups in total. The van der Waals surface area contributed by atoms with Crippen molar-refractivity contribution in [1.29, 1.82) is 0 Å². The van der Waals surface area contributed by atoms with Crippen LogP contribution in [0.3, 0.4) is 0 Å². The third-order valence-electron chi connectivity index (χ3n) is 4.00. The predicted molar refractivity (Wildman–Crippen MR) is 101 cm³/mol. The molecule has 146 valence electrons. The SMILES string of the molecule is CCOC(=O)c1cc(C)c(NC2=C(C(=O)OC)CN(CCO)C2=O)c(Br)c1. The fraction of sp³-hybridized carbons (Fsp3) is 0.389. The first-order valence-electron chi connectivity index (χ1n) is 8.29. The van der Waals surface area contributed by atoms with E-state index in [1.54, 1.807) is 26.0 Å². The first-order valence-corrected chi connectivity index (χ1v) is 9.09. The summed E-state index contributed by atoms with van der Waals surface area (Å²) in [5, 5.41) is 12.1. The molecule has 0 radical (unpaired) electrons. The Morgan fingerprint density at radius 1 is 1.33 bits per heavy atom. The Morgan fingerprint density at radius 3 is 2.59 bits per heavy atom. The van der Waals surface area contributed by atoms with Gasteiger partial charge in [-0.05, 0) is 47.5 Å². The molecule has 1 aliphatic heterocycles. The first kappa shape index (κ1) is 20.9. The van der Waals surface area contributed by atoms with Crippen LogP contribution in [0.5, 0.6) is 0 Å². The van der Waals surface area contributed by atoms with Crippen LogP contribution in [-0.2, 0) is 19.1 Å². The highest BCUT2D eigenvalue weighted by Gasteiger charge is 2.35. The van der Waals surface area contributed by atoms with Crippen molar-refractivity contribution in [3.8, 4) is 0 Å². The zero-order valence-corrected chi connectivity index (χ0v) is 16.9. The minimum Gasteiger partial charge on any atom is -0.466 e. The zero-order chi connectivity index (χ0) is 20.1. The summed E-state index contributed by atoms with van der Waals surface area (Å²) in [7, 11) is 1.24. The summed E-state index contributed by atoms with van der Waals surface area (Å²) in [4.78, 5) is 38.0. The van der Waals surface area contributed by atoms with Gasteiger partial charge in [-0.3, -0.25) is 4.79 Å². The Kier molecular flexibility index (Phi) is 6.98. The number of methoxy groups -OCH3 is 1. The second-order valence-corrected chi connectivity index (χ2v) is 6.65. The molecule has 1 aliphatic rings. The molecule has 0 aliphatic carbocycles. The van der Waals surface area contributed by atoms with E-state index in [9.17, 15) is 14.4 Å². The van der Waals surface area contributed by atoms with Gasteiger partial charge in [-0.2, -0.15) is 0 Å². The maximum atomic E-state index is 12.6. The molecule has 9 heteroatoms. The number of amides is 1. The number of hydrogen-bond donors (Lipinski definition) is 2. The van der Waals surface area contributed by atoms with Crippen molar-refractivity contribution < 1.29 is 29.0 Å². The third-order valence-corrected chi connectivity index (χ3v) is 4.63. The highest BCUT2D eigenvalue weighted by molar-refractivity contribution is 9.10. The molecule has 8 nitrogen and oxygen atoms in total.